The van der Waals surface area contributed by atoms with Crippen LogP contribution < -0.4 is 0 Å². The van der Waals surface area contributed by atoms with E-state index in [0.29, 0.717) is 11.8 Å². The first-order chi connectivity index (χ1) is 6.43. The zero-order valence-corrected chi connectivity index (χ0v) is 8.13. The van der Waals surface area contributed by atoms with Gasteiger partial charge in [0.2, 0.25) is 5.12 Å². The Morgan fingerprint density at radius 1 is 1.50 bits per heavy atom. The molecule has 76 valence electrons. The quantitative estimate of drug-likeness (QED) is 0.667. The summed E-state index contributed by atoms with van der Waals surface area (Å²) in [6.45, 7) is 1.16. The van der Waals surface area contributed by atoms with Crippen molar-refractivity contribution in [1.82, 2.24) is 0 Å². The smallest absolute Gasteiger partial charge is 0.304 e. The number of carboxylic acids is 1. The number of hydrogen-bond donors (Lipinski definition) is 2. The number of carboxylic acid groups (broad SMARTS) is 1. The molecule has 14 heavy (non-hydrogen) atoms. The number of carbonyl (C=O) groups is 3. The minimum Gasteiger partial charge on any atom is -0.510 e. The molecule has 0 saturated carbocycles. The molecule has 1 aliphatic rings. The average molecular weight is 216 g/mol. The predicted molar refractivity (Wildman–Crippen MR) is 49.0 cm³/mol. The van der Waals surface area contributed by atoms with Crippen molar-refractivity contribution < 1.29 is 24.6 Å². The van der Waals surface area contributed by atoms with Crippen molar-refractivity contribution in [2.75, 3.05) is 0 Å². The maximum atomic E-state index is 11.1. The third-order valence-corrected chi connectivity index (χ3v) is 2.82. The average Bonchev–Trinajstić information content (AvgIpc) is 2.25. The van der Waals surface area contributed by atoms with Crippen LogP contribution in [0.5, 0.6) is 0 Å². The van der Waals surface area contributed by atoms with Crippen molar-refractivity contribution >= 4 is 28.6 Å². The van der Waals surface area contributed by atoms with Gasteiger partial charge in [0.1, 0.15) is 11.3 Å². The van der Waals surface area contributed by atoms with Crippen LogP contribution in [-0.4, -0.2) is 32.3 Å². The van der Waals surface area contributed by atoms with Gasteiger partial charge in [0, 0.05) is 0 Å². The molecule has 1 aliphatic heterocycles. The number of hydrogen-bond acceptors (Lipinski definition) is 5. The van der Waals surface area contributed by atoms with Crippen molar-refractivity contribution in [3.63, 3.8) is 0 Å². The lowest BCUT2D eigenvalue weighted by atomic mass is 10.1. The van der Waals surface area contributed by atoms with Crippen LogP contribution in [0.4, 0.5) is 0 Å². The van der Waals surface area contributed by atoms with Crippen LogP contribution in [0.2, 0.25) is 0 Å². The SMILES string of the molecule is CC(=O)C1=C(O)C(CC(=O)O)SC1=O. The third-order valence-electron chi connectivity index (χ3n) is 1.73. The molecular weight excluding hydrogens is 208 g/mol. The fourth-order valence-corrected chi connectivity index (χ4v) is 2.21. The van der Waals surface area contributed by atoms with E-state index in [2.05, 4.69) is 0 Å². The molecule has 0 amide bonds. The number of ketones is 1. The van der Waals surface area contributed by atoms with Crippen LogP contribution in [0.25, 0.3) is 0 Å². The molecule has 5 nitrogen and oxygen atoms in total. The highest BCUT2D eigenvalue weighted by Gasteiger charge is 2.36. The Bertz CT molecular complexity index is 344. The molecular formula is C8H8O5S. The van der Waals surface area contributed by atoms with E-state index < -0.39 is 27.9 Å². The number of Topliss-reactive ketones (excluding diaryl/α,β-unsaturated/α-hetero) is 1. The Kier molecular flexibility index (Phi) is 2.95. The minimum atomic E-state index is -1.12. The van der Waals surface area contributed by atoms with Gasteiger partial charge >= 0.3 is 5.97 Å². The van der Waals surface area contributed by atoms with Gasteiger partial charge in [-0.15, -0.1) is 0 Å². The number of rotatable bonds is 3. The summed E-state index contributed by atoms with van der Waals surface area (Å²) in [5.74, 6) is -2.06. The molecule has 0 fully saturated rings. The van der Waals surface area contributed by atoms with E-state index in [1.807, 2.05) is 0 Å². The van der Waals surface area contributed by atoms with Crippen molar-refractivity contribution in [2.45, 2.75) is 18.6 Å². The highest BCUT2D eigenvalue weighted by molar-refractivity contribution is 8.15. The largest absolute Gasteiger partial charge is 0.510 e. The molecule has 6 heteroatoms. The second-order valence-electron chi connectivity index (χ2n) is 2.81. The van der Waals surface area contributed by atoms with Gasteiger partial charge < -0.3 is 10.2 Å². The Hall–Kier alpha value is -1.30. The van der Waals surface area contributed by atoms with Gasteiger partial charge in [0.15, 0.2) is 5.78 Å². The summed E-state index contributed by atoms with van der Waals surface area (Å²) in [7, 11) is 0. The van der Waals surface area contributed by atoms with E-state index in [-0.39, 0.29) is 12.0 Å². The Morgan fingerprint density at radius 2 is 2.07 bits per heavy atom. The first-order valence-electron chi connectivity index (χ1n) is 3.80. The van der Waals surface area contributed by atoms with Gasteiger partial charge in [-0.05, 0) is 6.92 Å². The molecule has 2 N–H and O–H groups in total. The molecule has 0 spiro atoms. The Balaban J connectivity index is 2.93. The number of thioether (sulfide) groups is 1. The molecule has 0 saturated heterocycles. The van der Waals surface area contributed by atoms with Crippen LogP contribution in [0, 0.1) is 0 Å². The molecule has 0 aromatic heterocycles. The molecule has 1 atom stereocenters. The van der Waals surface area contributed by atoms with Crippen molar-refractivity contribution in [3.8, 4) is 0 Å². The van der Waals surface area contributed by atoms with Gasteiger partial charge in [-0.25, -0.2) is 0 Å². The van der Waals surface area contributed by atoms with Crippen LogP contribution >= 0.6 is 11.8 Å². The molecule has 1 rings (SSSR count). The highest BCUT2D eigenvalue weighted by Crippen LogP contribution is 2.34. The standard InChI is InChI=1S/C8H8O5S/c1-3(9)6-7(12)4(2-5(10)11)14-8(6)13/h4,12H,2H2,1H3,(H,10,11). The van der Waals surface area contributed by atoms with E-state index in [9.17, 15) is 19.5 Å². The lowest BCUT2D eigenvalue weighted by molar-refractivity contribution is -0.137. The summed E-state index contributed by atoms with van der Waals surface area (Å²) in [5.41, 5.74) is -0.277. The molecule has 0 radical (unpaired) electrons. The van der Waals surface area contributed by atoms with Gasteiger partial charge in [0.05, 0.1) is 11.7 Å². The second kappa shape index (κ2) is 3.83. The third kappa shape index (κ3) is 1.95. The first-order valence-corrected chi connectivity index (χ1v) is 4.68. The second-order valence-corrected chi connectivity index (χ2v) is 3.98. The Morgan fingerprint density at radius 3 is 2.43 bits per heavy atom. The summed E-state index contributed by atoms with van der Waals surface area (Å²) in [5, 5.41) is 16.5. The van der Waals surface area contributed by atoms with E-state index >= 15 is 0 Å². The fourth-order valence-electron chi connectivity index (χ4n) is 1.13. The predicted octanol–water partition coefficient (Wildman–Crippen LogP) is 0.504. The zero-order chi connectivity index (χ0) is 10.9. The summed E-state index contributed by atoms with van der Waals surface area (Å²) < 4.78 is 0. The minimum absolute atomic E-state index is 0.277. The van der Waals surface area contributed by atoms with Crippen LogP contribution in [0.3, 0.4) is 0 Å². The van der Waals surface area contributed by atoms with E-state index in [1.54, 1.807) is 0 Å². The van der Waals surface area contributed by atoms with E-state index in [1.165, 1.54) is 0 Å². The number of aliphatic hydroxyl groups excluding tert-OH is 1. The maximum Gasteiger partial charge on any atom is 0.304 e. The summed E-state index contributed by atoms with van der Waals surface area (Å²) in [6.07, 6.45) is -0.362. The molecule has 0 aromatic carbocycles. The van der Waals surface area contributed by atoms with Gasteiger partial charge in [0.25, 0.3) is 0 Å². The Labute approximate surface area is 83.8 Å². The lowest BCUT2D eigenvalue weighted by Gasteiger charge is -2.03. The van der Waals surface area contributed by atoms with Crippen LogP contribution in [-0.2, 0) is 14.4 Å². The zero-order valence-electron chi connectivity index (χ0n) is 7.31. The van der Waals surface area contributed by atoms with Crippen molar-refractivity contribution in [2.24, 2.45) is 0 Å². The van der Waals surface area contributed by atoms with Gasteiger partial charge in [-0.3, -0.25) is 14.4 Å². The molecule has 1 unspecified atom stereocenters. The first kappa shape index (κ1) is 10.8. The van der Waals surface area contributed by atoms with Gasteiger partial charge in [-0.1, -0.05) is 11.8 Å². The summed E-state index contributed by atoms with van der Waals surface area (Å²) >= 11 is 0.674. The normalized spacial score (nSPS) is 21.5. The monoisotopic (exact) mass is 216 g/mol. The molecule has 0 bridgehead atoms. The fraction of sp³-hybridized carbons (Fsp3) is 0.375. The number of aliphatic hydroxyl groups is 1. The molecule has 0 aromatic rings. The number of aliphatic carboxylic acids is 1. The molecule has 0 aliphatic carbocycles. The van der Waals surface area contributed by atoms with E-state index in [4.69, 9.17) is 5.11 Å². The summed E-state index contributed by atoms with van der Waals surface area (Å²) in [6, 6.07) is 0. The lowest BCUT2D eigenvalue weighted by Crippen LogP contribution is -2.10. The summed E-state index contributed by atoms with van der Waals surface area (Å²) in [4.78, 5) is 32.4. The molecule has 1 heterocycles. The van der Waals surface area contributed by atoms with Crippen LogP contribution in [0.1, 0.15) is 13.3 Å². The van der Waals surface area contributed by atoms with E-state index in [0.717, 1.165) is 6.92 Å². The van der Waals surface area contributed by atoms with Crippen LogP contribution in [0.15, 0.2) is 11.3 Å². The topological polar surface area (TPSA) is 91.7 Å². The van der Waals surface area contributed by atoms with Crippen molar-refractivity contribution in [1.29, 1.82) is 0 Å². The van der Waals surface area contributed by atoms with Crippen molar-refractivity contribution in [3.05, 3.63) is 11.3 Å². The maximum absolute atomic E-state index is 11.1. The number of carbonyl (C=O) groups excluding carboxylic acids is 2. The highest BCUT2D eigenvalue weighted by atomic mass is 32.2. The van der Waals surface area contributed by atoms with Gasteiger partial charge in [-0.2, -0.15) is 0 Å².